The van der Waals surface area contributed by atoms with Crippen molar-refractivity contribution >= 4 is 5.91 Å². The van der Waals surface area contributed by atoms with Gasteiger partial charge in [0.1, 0.15) is 0 Å². The maximum absolute atomic E-state index is 12.0. The van der Waals surface area contributed by atoms with Crippen LogP contribution in [0.1, 0.15) is 16.2 Å². The van der Waals surface area contributed by atoms with Gasteiger partial charge in [0.15, 0.2) is 0 Å². The van der Waals surface area contributed by atoms with Crippen LogP contribution in [0.25, 0.3) is 0 Å². The van der Waals surface area contributed by atoms with Crippen molar-refractivity contribution in [3.63, 3.8) is 0 Å². The number of aromatic amines is 1. The van der Waals surface area contributed by atoms with Crippen LogP contribution >= 0.6 is 0 Å². The van der Waals surface area contributed by atoms with Crippen molar-refractivity contribution in [3.8, 4) is 0 Å². The van der Waals surface area contributed by atoms with Crippen molar-refractivity contribution < 1.29 is 4.79 Å². The summed E-state index contributed by atoms with van der Waals surface area (Å²) in [4.78, 5) is 20.2. The highest BCUT2D eigenvalue weighted by Gasteiger charge is 2.24. The summed E-state index contributed by atoms with van der Waals surface area (Å²) in [5.41, 5.74) is 1.19. The molecule has 1 fully saturated rings. The highest BCUT2D eigenvalue weighted by molar-refractivity contribution is 5.90. The van der Waals surface area contributed by atoms with Gasteiger partial charge in [-0.1, -0.05) is 6.07 Å². The summed E-state index contributed by atoms with van der Waals surface area (Å²) in [6, 6.07) is 4.00. The van der Waals surface area contributed by atoms with Gasteiger partial charge in [0.2, 0.25) is 0 Å². The van der Waals surface area contributed by atoms with Gasteiger partial charge >= 0.3 is 0 Å². The standard InChI is InChI=1S/C12H15N7O/c20-12(11-14-16-17-15-11)19-6-4-18(5-7-19)9-10-2-1-3-13-8-10/h1-3,8H,4-7,9H2,(H,14,15,16,17). The summed E-state index contributed by atoms with van der Waals surface area (Å²) >= 11 is 0. The number of tetrazole rings is 1. The lowest BCUT2D eigenvalue weighted by Crippen LogP contribution is -2.48. The van der Waals surface area contributed by atoms with Gasteiger partial charge < -0.3 is 4.90 Å². The molecule has 0 spiro atoms. The summed E-state index contributed by atoms with van der Waals surface area (Å²) < 4.78 is 0. The summed E-state index contributed by atoms with van der Waals surface area (Å²) in [7, 11) is 0. The Morgan fingerprint density at radius 3 is 2.80 bits per heavy atom. The molecule has 0 unspecified atom stereocenters. The molecular weight excluding hydrogens is 258 g/mol. The number of piperazine rings is 1. The van der Waals surface area contributed by atoms with E-state index in [-0.39, 0.29) is 11.7 Å². The minimum atomic E-state index is -0.167. The fraction of sp³-hybridized carbons (Fsp3) is 0.417. The van der Waals surface area contributed by atoms with Crippen molar-refractivity contribution in [2.45, 2.75) is 6.54 Å². The van der Waals surface area contributed by atoms with Crippen LogP contribution in [0.15, 0.2) is 24.5 Å². The monoisotopic (exact) mass is 273 g/mol. The topological polar surface area (TPSA) is 90.9 Å². The van der Waals surface area contributed by atoms with E-state index < -0.39 is 0 Å². The quantitative estimate of drug-likeness (QED) is 0.814. The molecular formula is C12H15N7O. The first-order valence-corrected chi connectivity index (χ1v) is 6.47. The molecule has 20 heavy (non-hydrogen) atoms. The number of aromatic nitrogens is 5. The van der Waals surface area contributed by atoms with Crippen molar-refractivity contribution in [2.75, 3.05) is 26.2 Å². The van der Waals surface area contributed by atoms with Crippen LogP contribution in [-0.4, -0.2) is 67.5 Å². The lowest BCUT2D eigenvalue weighted by Gasteiger charge is -2.34. The summed E-state index contributed by atoms with van der Waals surface area (Å²) in [5.74, 6) is -0.0366. The molecule has 1 saturated heterocycles. The molecule has 0 bridgehead atoms. The van der Waals surface area contributed by atoms with Crippen LogP contribution in [0.5, 0.6) is 0 Å². The normalized spacial score (nSPS) is 16.3. The van der Waals surface area contributed by atoms with Crippen LogP contribution < -0.4 is 0 Å². The molecule has 0 atom stereocenters. The molecule has 104 valence electrons. The fourth-order valence-electron chi connectivity index (χ4n) is 2.25. The molecule has 8 nitrogen and oxygen atoms in total. The number of amides is 1. The second kappa shape index (κ2) is 5.74. The van der Waals surface area contributed by atoms with Crippen molar-refractivity contribution in [1.82, 2.24) is 35.4 Å². The van der Waals surface area contributed by atoms with Crippen molar-refractivity contribution in [1.29, 1.82) is 0 Å². The molecule has 1 aliphatic heterocycles. The van der Waals surface area contributed by atoms with E-state index in [4.69, 9.17) is 0 Å². The zero-order chi connectivity index (χ0) is 13.8. The van der Waals surface area contributed by atoms with Gasteiger partial charge in [-0.2, -0.15) is 5.21 Å². The Morgan fingerprint density at radius 1 is 1.30 bits per heavy atom. The van der Waals surface area contributed by atoms with E-state index in [0.29, 0.717) is 13.1 Å². The maximum atomic E-state index is 12.0. The molecule has 3 heterocycles. The van der Waals surface area contributed by atoms with Gasteiger partial charge in [-0.05, 0) is 16.8 Å². The number of hydrogen-bond acceptors (Lipinski definition) is 6. The SMILES string of the molecule is O=C(c1nn[nH]n1)N1CCN(Cc2cccnc2)CC1. The Bertz CT molecular complexity index is 548. The number of pyridine rings is 1. The number of H-pyrrole nitrogens is 1. The fourth-order valence-corrected chi connectivity index (χ4v) is 2.25. The first-order chi connectivity index (χ1) is 9.83. The predicted octanol–water partition coefficient (Wildman–Crippen LogP) is -0.447. The minimum absolute atomic E-state index is 0.130. The van der Waals surface area contributed by atoms with Gasteiger partial charge in [0.25, 0.3) is 11.7 Å². The van der Waals surface area contributed by atoms with Crippen LogP contribution in [0.3, 0.4) is 0 Å². The number of nitrogens with one attached hydrogen (secondary N) is 1. The van der Waals surface area contributed by atoms with E-state index in [2.05, 4.69) is 36.6 Å². The smallest absolute Gasteiger partial charge is 0.295 e. The lowest BCUT2D eigenvalue weighted by molar-refractivity contribution is 0.0616. The number of carbonyl (C=O) groups is 1. The highest BCUT2D eigenvalue weighted by atomic mass is 16.2. The molecule has 2 aromatic heterocycles. The molecule has 1 aliphatic rings. The summed E-state index contributed by atoms with van der Waals surface area (Å²) in [6.45, 7) is 3.87. The Hall–Kier alpha value is -2.35. The molecule has 0 saturated carbocycles. The number of hydrogen-bond donors (Lipinski definition) is 1. The summed E-state index contributed by atoms with van der Waals surface area (Å²) in [6.07, 6.45) is 3.64. The number of carbonyl (C=O) groups excluding carboxylic acids is 1. The average Bonchev–Trinajstić information content (AvgIpc) is 3.03. The number of nitrogens with zero attached hydrogens (tertiary/aromatic N) is 6. The predicted molar refractivity (Wildman–Crippen MR) is 69.6 cm³/mol. The van der Waals surface area contributed by atoms with Crippen LogP contribution in [0.2, 0.25) is 0 Å². The van der Waals surface area contributed by atoms with Crippen molar-refractivity contribution in [3.05, 3.63) is 35.9 Å². The lowest BCUT2D eigenvalue weighted by atomic mass is 10.2. The largest absolute Gasteiger partial charge is 0.333 e. The van der Waals surface area contributed by atoms with Gasteiger partial charge in [0.05, 0.1) is 0 Å². The third kappa shape index (κ3) is 2.80. The van der Waals surface area contributed by atoms with Crippen molar-refractivity contribution in [2.24, 2.45) is 0 Å². The Morgan fingerprint density at radius 2 is 2.15 bits per heavy atom. The van der Waals surface area contributed by atoms with E-state index in [0.717, 1.165) is 19.6 Å². The van der Waals surface area contributed by atoms with Gasteiger partial charge in [0, 0.05) is 45.1 Å². The Balaban J connectivity index is 1.53. The van der Waals surface area contributed by atoms with E-state index in [1.54, 1.807) is 11.1 Å². The van der Waals surface area contributed by atoms with E-state index in [1.807, 2.05) is 12.3 Å². The molecule has 8 heteroatoms. The second-order valence-electron chi connectivity index (χ2n) is 4.67. The molecule has 1 N–H and O–H groups in total. The van der Waals surface area contributed by atoms with E-state index in [1.165, 1.54) is 5.56 Å². The minimum Gasteiger partial charge on any atom is -0.333 e. The first kappa shape index (κ1) is 12.7. The Labute approximate surface area is 115 Å². The molecule has 1 amide bonds. The van der Waals surface area contributed by atoms with E-state index in [9.17, 15) is 4.79 Å². The van der Waals surface area contributed by atoms with Crippen LogP contribution in [0.4, 0.5) is 0 Å². The van der Waals surface area contributed by atoms with Crippen LogP contribution in [-0.2, 0) is 6.54 Å². The third-order valence-corrected chi connectivity index (χ3v) is 3.33. The molecule has 2 aromatic rings. The first-order valence-electron chi connectivity index (χ1n) is 6.47. The average molecular weight is 273 g/mol. The second-order valence-corrected chi connectivity index (χ2v) is 4.67. The highest BCUT2D eigenvalue weighted by Crippen LogP contribution is 2.09. The maximum Gasteiger partial charge on any atom is 0.295 e. The van der Waals surface area contributed by atoms with Gasteiger partial charge in [-0.15, -0.1) is 10.2 Å². The molecule has 0 aromatic carbocycles. The summed E-state index contributed by atoms with van der Waals surface area (Å²) in [5, 5.41) is 13.1. The third-order valence-electron chi connectivity index (χ3n) is 3.33. The van der Waals surface area contributed by atoms with Crippen LogP contribution in [0, 0.1) is 0 Å². The zero-order valence-corrected chi connectivity index (χ0v) is 10.9. The van der Waals surface area contributed by atoms with Gasteiger partial charge in [-0.25, -0.2) is 0 Å². The molecule has 3 rings (SSSR count). The molecule has 0 radical (unpaired) electrons. The van der Waals surface area contributed by atoms with Gasteiger partial charge in [-0.3, -0.25) is 14.7 Å². The zero-order valence-electron chi connectivity index (χ0n) is 10.9. The molecule has 0 aliphatic carbocycles. The van der Waals surface area contributed by atoms with E-state index >= 15 is 0 Å². The number of rotatable bonds is 3. The Kier molecular flexibility index (Phi) is 3.64.